The lowest BCUT2D eigenvalue weighted by Gasteiger charge is -2.26. The van der Waals surface area contributed by atoms with E-state index in [1.165, 1.54) is 7.11 Å². The lowest BCUT2D eigenvalue weighted by atomic mass is 10.1. The molecule has 1 aromatic heterocycles. The van der Waals surface area contributed by atoms with Gasteiger partial charge in [0.25, 0.3) is 0 Å². The minimum Gasteiger partial charge on any atom is -0.466 e. The Hall–Kier alpha value is -1.38. The molecule has 118 valence electrons. The molecule has 0 bridgehead atoms. The predicted octanol–water partition coefficient (Wildman–Crippen LogP) is 1.66. The van der Waals surface area contributed by atoms with Crippen LogP contribution in [0.15, 0.2) is 27.8 Å². The first-order valence-corrected chi connectivity index (χ1v) is 9.00. The molecule has 2 aliphatic rings. The molecule has 1 N–H and O–H groups in total. The Balaban J connectivity index is 1.89. The number of hydrogen-bond donors (Lipinski definition) is 1. The predicted molar refractivity (Wildman–Crippen MR) is 88.9 cm³/mol. The molecular weight excluding hydrogens is 320 g/mol. The molecule has 0 saturated carbocycles. The van der Waals surface area contributed by atoms with Crippen molar-refractivity contribution >= 4 is 35.1 Å². The highest BCUT2D eigenvalue weighted by Gasteiger charge is 2.37. The summed E-state index contributed by atoms with van der Waals surface area (Å²) < 4.78 is 8.36. The van der Waals surface area contributed by atoms with Crippen molar-refractivity contribution in [3.8, 4) is 0 Å². The van der Waals surface area contributed by atoms with Crippen LogP contribution in [0.1, 0.15) is 18.4 Å². The van der Waals surface area contributed by atoms with Gasteiger partial charge in [-0.25, -0.2) is 9.78 Å². The zero-order valence-corrected chi connectivity index (χ0v) is 14.2. The number of nitrogens with one attached hydrogen (secondary N) is 1. The van der Waals surface area contributed by atoms with E-state index >= 15 is 0 Å². The molecule has 0 aromatic carbocycles. The van der Waals surface area contributed by atoms with Gasteiger partial charge in [-0.1, -0.05) is 18.9 Å². The first-order chi connectivity index (χ1) is 10.7. The van der Waals surface area contributed by atoms with Crippen molar-refractivity contribution in [1.29, 1.82) is 0 Å². The quantitative estimate of drug-likeness (QED) is 0.651. The normalized spacial score (nSPS) is 20.9. The number of carbonyl (C=O) groups is 1. The number of aromatic nitrogens is 1. The zero-order valence-electron chi connectivity index (χ0n) is 12.5. The highest BCUT2D eigenvalue weighted by molar-refractivity contribution is 7.97. The lowest BCUT2D eigenvalue weighted by Crippen LogP contribution is -2.36. The molecule has 0 unspecified atom stereocenters. The maximum absolute atomic E-state index is 12.0. The second-order valence-corrected chi connectivity index (χ2v) is 6.95. The fourth-order valence-electron chi connectivity index (χ4n) is 2.67. The Bertz CT molecular complexity index is 612. The van der Waals surface area contributed by atoms with E-state index in [4.69, 9.17) is 4.74 Å². The van der Waals surface area contributed by atoms with E-state index in [0.29, 0.717) is 18.2 Å². The highest BCUT2D eigenvalue weighted by Crippen LogP contribution is 2.32. The maximum Gasteiger partial charge on any atom is 0.337 e. The SMILES string of the molecule is CCSN[C@H]1CC2=C(C(=O)OC)CN=C(c3nccs3)N2C1. The van der Waals surface area contributed by atoms with Gasteiger partial charge in [0.05, 0.1) is 19.2 Å². The largest absolute Gasteiger partial charge is 0.466 e. The molecule has 1 aromatic rings. The van der Waals surface area contributed by atoms with Gasteiger partial charge in [0.1, 0.15) is 0 Å². The summed E-state index contributed by atoms with van der Waals surface area (Å²) in [6.45, 7) is 3.27. The summed E-state index contributed by atoms with van der Waals surface area (Å²) in [6, 6.07) is 0.294. The highest BCUT2D eigenvalue weighted by atomic mass is 32.2. The lowest BCUT2D eigenvalue weighted by molar-refractivity contribution is -0.136. The summed E-state index contributed by atoms with van der Waals surface area (Å²) in [6.07, 6.45) is 2.59. The van der Waals surface area contributed by atoms with Crippen LogP contribution in [0.5, 0.6) is 0 Å². The number of rotatable bonds is 5. The fourth-order valence-corrected chi connectivity index (χ4v) is 3.89. The number of ether oxygens (including phenoxy) is 1. The van der Waals surface area contributed by atoms with Crippen LogP contribution in [-0.4, -0.2) is 53.7 Å². The Morgan fingerprint density at radius 1 is 1.64 bits per heavy atom. The van der Waals surface area contributed by atoms with Gasteiger partial charge in [-0.3, -0.25) is 9.71 Å². The van der Waals surface area contributed by atoms with Gasteiger partial charge in [-0.15, -0.1) is 11.3 Å². The van der Waals surface area contributed by atoms with Crippen molar-refractivity contribution in [2.24, 2.45) is 4.99 Å². The van der Waals surface area contributed by atoms with Crippen molar-refractivity contribution in [2.75, 3.05) is 26.0 Å². The van der Waals surface area contributed by atoms with Gasteiger partial charge in [0.15, 0.2) is 10.8 Å². The summed E-state index contributed by atoms with van der Waals surface area (Å²) >= 11 is 3.26. The topological polar surface area (TPSA) is 66.8 Å². The number of hydrogen-bond acceptors (Lipinski definition) is 8. The summed E-state index contributed by atoms with van der Waals surface area (Å²) in [4.78, 5) is 23.1. The van der Waals surface area contributed by atoms with Crippen LogP contribution in [0.2, 0.25) is 0 Å². The van der Waals surface area contributed by atoms with Crippen molar-refractivity contribution < 1.29 is 9.53 Å². The first kappa shape index (κ1) is 15.5. The van der Waals surface area contributed by atoms with Crippen LogP contribution in [0.25, 0.3) is 0 Å². The molecule has 0 aliphatic carbocycles. The van der Waals surface area contributed by atoms with E-state index < -0.39 is 0 Å². The molecule has 0 spiro atoms. The average Bonchev–Trinajstić information content (AvgIpc) is 3.20. The van der Waals surface area contributed by atoms with Crippen molar-refractivity contribution in [3.63, 3.8) is 0 Å². The monoisotopic (exact) mass is 338 g/mol. The Morgan fingerprint density at radius 3 is 3.18 bits per heavy atom. The zero-order chi connectivity index (χ0) is 15.5. The molecule has 1 fully saturated rings. The van der Waals surface area contributed by atoms with E-state index in [0.717, 1.165) is 35.3 Å². The number of carbonyl (C=O) groups excluding carboxylic acids is 1. The van der Waals surface area contributed by atoms with E-state index in [-0.39, 0.29) is 5.97 Å². The molecule has 3 rings (SSSR count). The van der Waals surface area contributed by atoms with Gasteiger partial charge >= 0.3 is 5.97 Å². The average molecular weight is 338 g/mol. The molecule has 0 amide bonds. The number of methoxy groups -OCH3 is 1. The molecule has 3 heterocycles. The third-order valence-electron chi connectivity index (χ3n) is 3.61. The first-order valence-electron chi connectivity index (χ1n) is 7.14. The molecule has 8 heteroatoms. The van der Waals surface area contributed by atoms with Crippen LogP contribution >= 0.6 is 23.3 Å². The molecule has 6 nitrogen and oxygen atoms in total. The van der Waals surface area contributed by atoms with Crippen LogP contribution in [0.3, 0.4) is 0 Å². The molecule has 1 atom stereocenters. The van der Waals surface area contributed by atoms with E-state index in [1.54, 1.807) is 29.5 Å². The molecule has 0 radical (unpaired) electrons. The second-order valence-electron chi connectivity index (χ2n) is 4.96. The Kier molecular flexibility index (Phi) is 4.80. The van der Waals surface area contributed by atoms with Gasteiger partial charge in [-0.05, 0) is 0 Å². The molecular formula is C14H18N4O2S2. The number of fused-ring (bicyclic) bond motifs is 1. The van der Waals surface area contributed by atoms with Crippen LogP contribution in [0, 0.1) is 0 Å². The van der Waals surface area contributed by atoms with Crippen LogP contribution in [0.4, 0.5) is 0 Å². The summed E-state index contributed by atoms with van der Waals surface area (Å²) in [5.74, 6) is 1.58. The Labute approximate surface area is 137 Å². The molecule has 1 saturated heterocycles. The third kappa shape index (κ3) is 2.90. The number of esters is 1. The van der Waals surface area contributed by atoms with Gasteiger partial charge in [-0.2, -0.15) is 0 Å². The Morgan fingerprint density at radius 2 is 2.50 bits per heavy atom. The molecule has 22 heavy (non-hydrogen) atoms. The smallest absolute Gasteiger partial charge is 0.337 e. The molecule has 2 aliphatic heterocycles. The van der Waals surface area contributed by atoms with Gasteiger partial charge < -0.3 is 9.64 Å². The number of amidine groups is 1. The van der Waals surface area contributed by atoms with E-state index in [2.05, 4.69) is 26.5 Å². The van der Waals surface area contributed by atoms with Crippen LogP contribution < -0.4 is 4.72 Å². The van der Waals surface area contributed by atoms with E-state index in [1.807, 2.05) is 5.38 Å². The standard InChI is InChI=1S/C14H18N4O2S2/c1-3-22-17-9-6-11-10(14(19)20-2)7-16-12(18(11)8-9)13-15-4-5-21-13/h4-5,9,17H,3,6-8H2,1-2H3/t9-/m0/s1. The summed E-state index contributed by atoms with van der Waals surface area (Å²) in [5, 5.41) is 2.83. The minimum absolute atomic E-state index is 0.286. The van der Waals surface area contributed by atoms with Gasteiger partial charge in [0, 0.05) is 42.0 Å². The number of thiazole rings is 1. The van der Waals surface area contributed by atoms with E-state index in [9.17, 15) is 4.79 Å². The fraction of sp³-hybridized carbons (Fsp3) is 0.500. The second kappa shape index (κ2) is 6.80. The van der Waals surface area contributed by atoms with Crippen LogP contribution in [-0.2, 0) is 9.53 Å². The summed E-state index contributed by atoms with van der Waals surface area (Å²) in [7, 11) is 1.41. The third-order valence-corrected chi connectivity index (χ3v) is 5.17. The maximum atomic E-state index is 12.0. The summed E-state index contributed by atoms with van der Waals surface area (Å²) in [5.41, 5.74) is 1.68. The minimum atomic E-state index is -0.286. The van der Waals surface area contributed by atoms with Crippen molar-refractivity contribution in [1.82, 2.24) is 14.6 Å². The van der Waals surface area contributed by atoms with Crippen molar-refractivity contribution in [3.05, 3.63) is 27.9 Å². The number of nitrogens with zero attached hydrogens (tertiary/aromatic N) is 3. The van der Waals surface area contributed by atoms with Crippen molar-refractivity contribution in [2.45, 2.75) is 19.4 Å². The number of aliphatic imine (C=N–C) groups is 1. The van der Waals surface area contributed by atoms with Gasteiger partial charge in [0.2, 0.25) is 0 Å².